The number of rotatable bonds is 9. The number of aromatic nitrogens is 2. The van der Waals surface area contributed by atoms with Crippen LogP contribution in [-0.4, -0.2) is 44.9 Å². The van der Waals surface area contributed by atoms with E-state index in [0.717, 1.165) is 50.5 Å². The van der Waals surface area contributed by atoms with E-state index >= 15 is 0 Å². The smallest absolute Gasteiger partial charge is 0.304 e. The average molecular weight is 396 g/mol. The first-order chi connectivity index (χ1) is 13.2. The summed E-state index contributed by atoms with van der Waals surface area (Å²) in [6, 6.07) is 0. The molecule has 1 aliphatic carbocycles. The molecule has 3 rings (SSSR count). The molecular formula is C20H33N3O3S. The summed E-state index contributed by atoms with van der Waals surface area (Å²) in [5.41, 5.74) is 0. The van der Waals surface area contributed by atoms with Crippen LogP contribution in [0, 0.1) is 5.92 Å². The Kier molecular flexibility index (Phi) is 8.00. The zero-order valence-corrected chi connectivity index (χ0v) is 17.3. The lowest BCUT2D eigenvalue weighted by atomic mass is 9.84. The molecule has 1 N–H and O–H groups in total. The highest BCUT2D eigenvalue weighted by Gasteiger charge is 2.27. The molecule has 1 atom stereocenters. The molecule has 2 heterocycles. The Hall–Kier alpha value is -1.08. The van der Waals surface area contributed by atoms with Crippen LogP contribution in [0.25, 0.3) is 0 Å². The van der Waals surface area contributed by atoms with E-state index in [1.54, 1.807) is 11.9 Å². The van der Waals surface area contributed by atoms with Gasteiger partial charge in [0.05, 0.1) is 6.42 Å². The lowest BCUT2D eigenvalue weighted by Crippen LogP contribution is -2.27. The molecule has 1 saturated carbocycles. The summed E-state index contributed by atoms with van der Waals surface area (Å²) in [6.07, 6.45) is 14.1. The van der Waals surface area contributed by atoms with Crippen molar-refractivity contribution in [2.75, 3.05) is 19.3 Å². The van der Waals surface area contributed by atoms with Crippen LogP contribution in [0.4, 0.5) is 0 Å². The number of nitrogens with zero attached hydrogens (tertiary/aromatic N) is 3. The van der Waals surface area contributed by atoms with Crippen LogP contribution in [-0.2, 0) is 4.79 Å². The molecule has 2 aliphatic rings. The second-order valence-electron chi connectivity index (χ2n) is 8.11. The Morgan fingerprint density at radius 3 is 2.67 bits per heavy atom. The van der Waals surface area contributed by atoms with Crippen LogP contribution in [0.5, 0.6) is 0 Å². The molecule has 0 radical (unpaired) electrons. The highest BCUT2D eigenvalue weighted by atomic mass is 32.2. The maximum absolute atomic E-state index is 11.3. The molecule has 1 aromatic heterocycles. The third kappa shape index (κ3) is 6.21. The van der Waals surface area contributed by atoms with Gasteiger partial charge >= 0.3 is 5.97 Å². The Morgan fingerprint density at radius 2 is 2.00 bits per heavy atom. The molecule has 0 amide bonds. The van der Waals surface area contributed by atoms with Gasteiger partial charge in [-0.1, -0.05) is 62.1 Å². The van der Waals surface area contributed by atoms with Crippen molar-refractivity contribution in [3.05, 3.63) is 11.7 Å². The van der Waals surface area contributed by atoms with E-state index in [0.29, 0.717) is 11.8 Å². The number of aliphatic carboxylic acids is 1. The average Bonchev–Trinajstić information content (AvgIpc) is 3.18. The largest absolute Gasteiger partial charge is 0.481 e. The van der Waals surface area contributed by atoms with Crippen molar-refractivity contribution >= 4 is 17.9 Å². The Bertz CT molecular complexity index is 581. The summed E-state index contributed by atoms with van der Waals surface area (Å²) in [7, 11) is 0. The zero-order valence-electron chi connectivity index (χ0n) is 16.4. The fraction of sp³-hybridized carbons (Fsp3) is 0.850. The van der Waals surface area contributed by atoms with Crippen LogP contribution < -0.4 is 0 Å². The van der Waals surface area contributed by atoms with Gasteiger partial charge in [0.1, 0.15) is 0 Å². The van der Waals surface area contributed by atoms with E-state index in [1.165, 1.54) is 38.5 Å². The molecule has 152 valence electrons. The Balaban J connectivity index is 1.54. The van der Waals surface area contributed by atoms with Crippen LogP contribution >= 0.6 is 11.9 Å². The highest BCUT2D eigenvalue weighted by Crippen LogP contribution is 2.33. The van der Waals surface area contributed by atoms with E-state index in [4.69, 9.17) is 4.52 Å². The fourth-order valence-corrected chi connectivity index (χ4v) is 5.10. The number of carboxylic acids is 1. The van der Waals surface area contributed by atoms with E-state index in [9.17, 15) is 9.90 Å². The molecule has 0 bridgehead atoms. The van der Waals surface area contributed by atoms with Gasteiger partial charge in [-0.3, -0.25) is 9.10 Å². The lowest BCUT2D eigenvalue weighted by molar-refractivity contribution is -0.137. The first-order valence-electron chi connectivity index (χ1n) is 10.5. The first kappa shape index (κ1) is 20.6. The van der Waals surface area contributed by atoms with Crippen molar-refractivity contribution in [3.8, 4) is 0 Å². The minimum Gasteiger partial charge on any atom is -0.481 e. The van der Waals surface area contributed by atoms with Crippen molar-refractivity contribution in [2.45, 2.75) is 82.5 Å². The minimum absolute atomic E-state index is 0.0806. The molecule has 0 spiro atoms. The highest BCUT2D eigenvalue weighted by molar-refractivity contribution is 7.96. The predicted octanol–water partition coefficient (Wildman–Crippen LogP) is 4.84. The minimum atomic E-state index is -0.786. The summed E-state index contributed by atoms with van der Waals surface area (Å²) in [6.45, 7) is 2.07. The van der Waals surface area contributed by atoms with Gasteiger partial charge in [-0.15, -0.1) is 0 Å². The number of hydrogen-bond acceptors (Lipinski definition) is 6. The molecule has 27 heavy (non-hydrogen) atoms. The van der Waals surface area contributed by atoms with E-state index in [2.05, 4.69) is 20.7 Å². The van der Waals surface area contributed by atoms with Crippen molar-refractivity contribution in [3.63, 3.8) is 0 Å². The fourth-order valence-electron chi connectivity index (χ4n) is 4.53. The van der Waals surface area contributed by atoms with Gasteiger partial charge in [0.2, 0.25) is 5.89 Å². The topological polar surface area (TPSA) is 79.5 Å². The van der Waals surface area contributed by atoms with Gasteiger partial charge in [-0.25, -0.2) is 0 Å². The second kappa shape index (κ2) is 10.5. The maximum atomic E-state index is 11.3. The predicted molar refractivity (Wildman–Crippen MR) is 107 cm³/mol. The summed E-state index contributed by atoms with van der Waals surface area (Å²) in [5.74, 6) is 1.52. The molecule has 0 aromatic carbocycles. The number of carbonyl (C=O) groups is 1. The van der Waals surface area contributed by atoms with Gasteiger partial charge < -0.3 is 9.63 Å². The third-order valence-electron chi connectivity index (χ3n) is 6.19. The molecule has 2 fully saturated rings. The molecule has 1 unspecified atom stereocenters. The maximum Gasteiger partial charge on any atom is 0.304 e. The number of hydrogen-bond donors (Lipinski definition) is 1. The zero-order chi connectivity index (χ0) is 19.1. The Labute approximate surface area is 166 Å². The summed E-state index contributed by atoms with van der Waals surface area (Å²) >= 11 is 1.78. The third-order valence-corrected chi connectivity index (χ3v) is 7.08. The lowest BCUT2D eigenvalue weighted by Gasteiger charge is -2.28. The van der Waals surface area contributed by atoms with E-state index in [-0.39, 0.29) is 12.3 Å². The number of carboxylic acid groups (broad SMARTS) is 1. The van der Waals surface area contributed by atoms with Crippen molar-refractivity contribution in [2.24, 2.45) is 5.92 Å². The van der Waals surface area contributed by atoms with Crippen molar-refractivity contribution < 1.29 is 14.4 Å². The molecule has 7 heteroatoms. The standard InChI is InChI=1S/C20H33N3O3S/c1-27-23-12-10-16(11-13-23)19-21-20(26-22-19)17(14-18(24)25)9-5-8-15-6-3-2-4-7-15/h15-17H,2-14H2,1H3,(H,24,25). The summed E-state index contributed by atoms with van der Waals surface area (Å²) < 4.78 is 7.89. The van der Waals surface area contributed by atoms with E-state index < -0.39 is 5.97 Å². The van der Waals surface area contributed by atoms with Crippen LogP contribution in [0.15, 0.2) is 4.52 Å². The summed E-state index contributed by atoms with van der Waals surface area (Å²) in [5, 5.41) is 13.5. The monoisotopic (exact) mass is 395 g/mol. The number of piperidine rings is 1. The first-order valence-corrected chi connectivity index (χ1v) is 11.7. The molecule has 6 nitrogen and oxygen atoms in total. The molecule has 1 aromatic rings. The van der Waals surface area contributed by atoms with Gasteiger partial charge in [-0.05, 0) is 31.4 Å². The normalized spacial score (nSPS) is 21.4. The van der Waals surface area contributed by atoms with Gasteiger partial charge in [0, 0.05) is 24.9 Å². The summed E-state index contributed by atoms with van der Waals surface area (Å²) in [4.78, 5) is 16.0. The molecular weight excluding hydrogens is 362 g/mol. The second-order valence-corrected chi connectivity index (χ2v) is 8.99. The SMILES string of the molecule is CSN1CCC(c2noc(C(CCCC3CCCCC3)CC(=O)O)n2)CC1. The van der Waals surface area contributed by atoms with E-state index in [1.807, 2.05) is 0 Å². The van der Waals surface area contributed by atoms with Crippen molar-refractivity contribution in [1.82, 2.24) is 14.4 Å². The van der Waals surface area contributed by atoms with Crippen LogP contribution in [0.3, 0.4) is 0 Å². The quantitative estimate of drug-likeness (QED) is 0.599. The van der Waals surface area contributed by atoms with Gasteiger partial charge in [0.15, 0.2) is 5.82 Å². The van der Waals surface area contributed by atoms with Crippen molar-refractivity contribution in [1.29, 1.82) is 0 Å². The van der Waals surface area contributed by atoms with Crippen LogP contribution in [0.2, 0.25) is 0 Å². The van der Waals surface area contributed by atoms with Gasteiger partial charge in [-0.2, -0.15) is 4.98 Å². The Morgan fingerprint density at radius 1 is 1.26 bits per heavy atom. The van der Waals surface area contributed by atoms with Gasteiger partial charge in [0.25, 0.3) is 0 Å². The van der Waals surface area contributed by atoms with Crippen LogP contribution in [0.1, 0.15) is 94.2 Å². The molecule has 1 saturated heterocycles. The molecule has 1 aliphatic heterocycles.